The lowest BCUT2D eigenvalue weighted by atomic mass is 9.98. The van der Waals surface area contributed by atoms with Crippen LogP contribution >= 0.6 is 0 Å². The normalized spacial score (nSPS) is 13.7. The molecule has 0 N–H and O–H groups in total. The van der Waals surface area contributed by atoms with Crippen LogP contribution in [0.4, 0.5) is 0 Å². The average molecular weight is 327 g/mol. The maximum absolute atomic E-state index is 12.3. The topological polar surface area (TPSA) is 46.6 Å². The van der Waals surface area contributed by atoms with Gasteiger partial charge in [-0.05, 0) is 36.9 Å². The van der Waals surface area contributed by atoms with Crippen LogP contribution in [0.5, 0.6) is 0 Å². The molecular weight excluding hydrogens is 302 g/mol. The lowest BCUT2D eigenvalue weighted by molar-refractivity contribution is -0.149. The van der Waals surface area contributed by atoms with E-state index in [-0.39, 0.29) is 30.3 Å². The summed E-state index contributed by atoms with van der Waals surface area (Å²) >= 11 is 0. The molecule has 0 spiro atoms. The molecule has 0 bridgehead atoms. The van der Waals surface area contributed by atoms with Crippen molar-refractivity contribution in [2.75, 3.05) is 20.7 Å². The summed E-state index contributed by atoms with van der Waals surface area (Å²) in [5.74, 6) is -0.359. The maximum atomic E-state index is 12.3. The fourth-order valence-corrected chi connectivity index (χ4v) is 2.84. The molecule has 0 aliphatic heterocycles. The number of fused-ring (bicyclic) bond motifs is 1. The van der Waals surface area contributed by atoms with Crippen LogP contribution in [0.1, 0.15) is 30.6 Å². The number of carbonyl (C=O) groups is 2. The fraction of sp³-hybridized carbons (Fsp3) is 0.400. The molecule has 2 aromatic rings. The number of carbonyl (C=O) groups excluding carboxylic acids is 2. The molecule has 0 heterocycles. The fourth-order valence-electron chi connectivity index (χ4n) is 2.84. The van der Waals surface area contributed by atoms with Gasteiger partial charge in [-0.25, -0.2) is 0 Å². The van der Waals surface area contributed by atoms with Gasteiger partial charge in [-0.3, -0.25) is 14.5 Å². The first-order valence-electron chi connectivity index (χ1n) is 8.29. The average Bonchev–Trinajstić information content (AvgIpc) is 2.58. The minimum atomic E-state index is -0.344. The van der Waals surface area contributed by atoms with Crippen molar-refractivity contribution in [3.8, 4) is 0 Å². The number of benzene rings is 2. The van der Waals surface area contributed by atoms with Gasteiger partial charge in [0.2, 0.25) is 0 Å². The van der Waals surface area contributed by atoms with Crippen molar-refractivity contribution >= 4 is 22.5 Å². The summed E-state index contributed by atoms with van der Waals surface area (Å²) in [4.78, 5) is 26.5. The first-order chi connectivity index (χ1) is 11.4. The van der Waals surface area contributed by atoms with Crippen molar-refractivity contribution in [1.82, 2.24) is 4.90 Å². The maximum Gasteiger partial charge on any atom is 0.324 e. The summed E-state index contributed by atoms with van der Waals surface area (Å²) in [6, 6.07) is 13.0. The SMILES string of the molecule is CC[C@H](C)[C@@H](C(=O)OCC(=O)c1ccc2ccccc2c1)N(C)C. The second-order valence-corrected chi connectivity index (χ2v) is 6.39. The van der Waals surface area contributed by atoms with E-state index < -0.39 is 0 Å². The molecule has 128 valence electrons. The van der Waals surface area contributed by atoms with Gasteiger partial charge < -0.3 is 4.74 Å². The van der Waals surface area contributed by atoms with Crippen LogP contribution in [0, 0.1) is 5.92 Å². The number of ketones is 1. The Kier molecular flexibility index (Phi) is 6.10. The van der Waals surface area contributed by atoms with Crippen molar-refractivity contribution in [3.63, 3.8) is 0 Å². The van der Waals surface area contributed by atoms with E-state index >= 15 is 0 Å². The third-order valence-electron chi connectivity index (χ3n) is 4.40. The highest BCUT2D eigenvalue weighted by Gasteiger charge is 2.28. The van der Waals surface area contributed by atoms with Crippen molar-refractivity contribution in [3.05, 3.63) is 48.0 Å². The summed E-state index contributed by atoms with van der Waals surface area (Å²) in [5, 5.41) is 2.08. The van der Waals surface area contributed by atoms with E-state index in [9.17, 15) is 9.59 Å². The number of nitrogens with zero attached hydrogens (tertiary/aromatic N) is 1. The minimum absolute atomic E-state index is 0.170. The van der Waals surface area contributed by atoms with Gasteiger partial charge in [0.1, 0.15) is 6.04 Å². The second-order valence-electron chi connectivity index (χ2n) is 6.39. The summed E-state index contributed by atoms with van der Waals surface area (Å²) in [7, 11) is 3.70. The monoisotopic (exact) mass is 327 g/mol. The van der Waals surface area contributed by atoms with Gasteiger partial charge >= 0.3 is 5.97 Å². The minimum Gasteiger partial charge on any atom is -0.456 e. The van der Waals surface area contributed by atoms with E-state index in [0.717, 1.165) is 17.2 Å². The van der Waals surface area contributed by atoms with Crippen LogP contribution in [-0.2, 0) is 9.53 Å². The Hall–Kier alpha value is -2.20. The molecule has 2 aromatic carbocycles. The summed E-state index contributed by atoms with van der Waals surface area (Å²) in [6.45, 7) is 3.82. The summed E-state index contributed by atoms with van der Waals surface area (Å²) in [6.07, 6.45) is 0.872. The molecule has 0 fully saturated rings. The van der Waals surface area contributed by atoms with Crippen LogP contribution < -0.4 is 0 Å². The molecule has 0 saturated carbocycles. The Balaban J connectivity index is 2.04. The number of ether oxygens (including phenoxy) is 1. The molecule has 2 rings (SSSR count). The Morgan fingerprint density at radius 2 is 1.75 bits per heavy atom. The smallest absolute Gasteiger partial charge is 0.324 e. The van der Waals surface area contributed by atoms with Gasteiger partial charge in [-0.15, -0.1) is 0 Å². The third-order valence-corrected chi connectivity index (χ3v) is 4.40. The first-order valence-corrected chi connectivity index (χ1v) is 8.29. The predicted molar refractivity (Wildman–Crippen MR) is 96.2 cm³/mol. The number of Topliss-reactive ketones (excluding diaryl/α,β-unsaturated/α-hetero) is 1. The van der Waals surface area contributed by atoms with Gasteiger partial charge in [0.25, 0.3) is 0 Å². The Morgan fingerprint density at radius 1 is 1.08 bits per heavy atom. The van der Waals surface area contributed by atoms with Crippen LogP contribution in [0.2, 0.25) is 0 Å². The van der Waals surface area contributed by atoms with Crippen LogP contribution in [0.3, 0.4) is 0 Å². The molecule has 0 saturated heterocycles. The van der Waals surface area contributed by atoms with Crippen molar-refractivity contribution < 1.29 is 14.3 Å². The molecule has 0 aliphatic rings. The zero-order valence-corrected chi connectivity index (χ0v) is 14.8. The summed E-state index contributed by atoms with van der Waals surface area (Å²) < 4.78 is 5.29. The van der Waals surface area contributed by atoms with Gasteiger partial charge in [0.15, 0.2) is 12.4 Å². The van der Waals surface area contributed by atoms with Crippen molar-refractivity contribution in [2.45, 2.75) is 26.3 Å². The van der Waals surface area contributed by atoms with Crippen molar-refractivity contribution in [2.24, 2.45) is 5.92 Å². The standard InChI is InChI=1S/C20H25NO3/c1-5-14(2)19(21(3)4)20(23)24-13-18(22)17-11-10-15-8-6-7-9-16(15)12-17/h6-12,14,19H,5,13H2,1-4H3/t14-,19-/m0/s1. The van der Waals surface area contributed by atoms with Crippen LogP contribution in [0.15, 0.2) is 42.5 Å². The van der Waals surface area contributed by atoms with Crippen molar-refractivity contribution in [1.29, 1.82) is 0 Å². The zero-order valence-electron chi connectivity index (χ0n) is 14.8. The van der Waals surface area contributed by atoms with E-state index in [2.05, 4.69) is 0 Å². The van der Waals surface area contributed by atoms with E-state index in [4.69, 9.17) is 4.74 Å². The lowest BCUT2D eigenvalue weighted by Gasteiger charge is -2.27. The quantitative estimate of drug-likeness (QED) is 0.576. The van der Waals surface area contributed by atoms with Gasteiger partial charge in [-0.1, -0.05) is 56.7 Å². The Labute approximate surface area is 143 Å². The highest BCUT2D eigenvalue weighted by atomic mass is 16.5. The molecule has 0 aliphatic carbocycles. The zero-order chi connectivity index (χ0) is 17.7. The molecule has 24 heavy (non-hydrogen) atoms. The molecule has 4 heteroatoms. The highest BCUT2D eigenvalue weighted by Crippen LogP contribution is 2.17. The number of hydrogen-bond acceptors (Lipinski definition) is 4. The number of rotatable bonds is 7. The predicted octanol–water partition coefficient (Wildman–Crippen LogP) is 3.54. The number of hydrogen-bond donors (Lipinski definition) is 0. The molecule has 0 radical (unpaired) electrons. The molecule has 0 amide bonds. The molecule has 4 nitrogen and oxygen atoms in total. The van der Waals surface area contributed by atoms with Gasteiger partial charge in [0.05, 0.1) is 0 Å². The van der Waals surface area contributed by atoms with Crippen LogP contribution in [-0.4, -0.2) is 43.4 Å². The van der Waals surface area contributed by atoms with E-state index in [0.29, 0.717) is 5.56 Å². The molecule has 0 aromatic heterocycles. The first kappa shape index (κ1) is 18.1. The second kappa shape index (κ2) is 8.06. The van der Waals surface area contributed by atoms with Gasteiger partial charge in [0, 0.05) is 5.56 Å². The van der Waals surface area contributed by atoms with E-state index in [1.54, 1.807) is 6.07 Å². The highest BCUT2D eigenvalue weighted by molar-refractivity contribution is 6.01. The largest absolute Gasteiger partial charge is 0.456 e. The number of likely N-dealkylation sites (N-methyl/N-ethyl adjacent to an activating group) is 1. The van der Waals surface area contributed by atoms with E-state index in [1.165, 1.54) is 0 Å². The molecule has 2 atom stereocenters. The Morgan fingerprint density at radius 3 is 2.38 bits per heavy atom. The van der Waals surface area contributed by atoms with Crippen LogP contribution in [0.25, 0.3) is 10.8 Å². The molecule has 0 unspecified atom stereocenters. The number of esters is 1. The molecular formula is C20H25NO3. The third kappa shape index (κ3) is 4.20. The summed E-state index contributed by atoms with van der Waals surface area (Å²) in [5.41, 5.74) is 0.562. The Bertz CT molecular complexity index is 724. The van der Waals surface area contributed by atoms with Gasteiger partial charge in [-0.2, -0.15) is 0 Å². The lowest BCUT2D eigenvalue weighted by Crippen LogP contribution is -2.42. The van der Waals surface area contributed by atoms with E-state index in [1.807, 2.05) is 69.2 Å².